The third-order valence-corrected chi connectivity index (χ3v) is 11.5. The minimum Gasteiger partial charge on any atom is -0.309 e. The fraction of sp³-hybridized carbons (Fsp3) is 0.0612. The van der Waals surface area contributed by atoms with Gasteiger partial charge in [0.2, 0.25) is 0 Å². The van der Waals surface area contributed by atoms with Crippen LogP contribution in [0.5, 0.6) is 0 Å². The minimum atomic E-state index is -0.120. The van der Waals surface area contributed by atoms with Gasteiger partial charge in [-0.2, -0.15) is 0 Å². The van der Waals surface area contributed by atoms with Gasteiger partial charge >= 0.3 is 0 Å². The average molecular weight is 651 g/mol. The Balaban J connectivity index is 1.28. The van der Waals surface area contributed by atoms with Crippen LogP contribution in [0.4, 0.5) is 0 Å². The van der Waals surface area contributed by atoms with Crippen molar-refractivity contribution in [3.63, 3.8) is 0 Å². The van der Waals surface area contributed by atoms with Crippen molar-refractivity contribution in [1.29, 1.82) is 0 Å². The number of rotatable bonds is 3. The first-order chi connectivity index (χ1) is 25.1. The molecule has 8 aromatic carbocycles. The van der Waals surface area contributed by atoms with Crippen LogP contribution in [-0.2, 0) is 5.41 Å². The molecule has 11 rings (SSSR count). The fourth-order valence-corrected chi connectivity index (χ4v) is 9.20. The normalized spacial score (nSPS) is 13.5. The molecule has 0 amide bonds. The predicted molar refractivity (Wildman–Crippen MR) is 216 cm³/mol. The Morgan fingerprint density at radius 2 is 0.765 bits per heavy atom. The maximum absolute atomic E-state index is 2.50. The third kappa shape index (κ3) is 3.88. The van der Waals surface area contributed by atoms with Crippen molar-refractivity contribution >= 4 is 54.4 Å². The average Bonchev–Trinajstić information content (AvgIpc) is 3.78. The highest BCUT2D eigenvalue weighted by atomic mass is 15.0. The van der Waals surface area contributed by atoms with E-state index in [0.717, 1.165) is 11.4 Å². The van der Waals surface area contributed by atoms with Gasteiger partial charge in [-0.25, -0.2) is 0 Å². The molecule has 0 aliphatic heterocycles. The Morgan fingerprint density at radius 3 is 1.27 bits per heavy atom. The molecule has 240 valence electrons. The molecule has 0 spiro atoms. The number of benzene rings is 8. The van der Waals surface area contributed by atoms with E-state index in [1.807, 2.05) is 0 Å². The third-order valence-electron chi connectivity index (χ3n) is 11.5. The van der Waals surface area contributed by atoms with Crippen molar-refractivity contribution in [3.8, 4) is 33.6 Å². The first-order valence-electron chi connectivity index (χ1n) is 17.9. The second-order valence-electron chi connectivity index (χ2n) is 14.5. The van der Waals surface area contributed by atoms with Gasteiger partial charge in [-0.15, -0.1) is 0 Å². The van der Waals surface area contributed by atoms with E-state index in [1.54, 1.807) is 0 Å². The predicted octanol–water partition coefficient (Wildman–Crippen LogP) is 13.0. The van der Waals surface area contributed by atoms with E-state index in [4.69, 9.17) is 0 Å². The van der Waals surface area contributed by atoms with Crippen LogP contribution in [0.3, 0.4) is 0 Å². The van der Waals surface area contributed by atoms with Crippen LogP contribution < -0.4 is 0 Å². The standard InChI is InChI=1S/C49H34N2/c1-49(2)42-22-10-5-21-40(42)48-39-20-4-3-15-34(39)41(30-43(48)49)31-27-32(50-44-23-11-6-16-35(44)36-17-7-12-24-45(36)50)29-33(28-31)51-46-25-13-8-18-37(46)38-19-9-14-26-47(38)51/h3-30H,1-2H3. The number of fused-ring (bicyclic) bond motifs is 11. The lowest BCUT2D eigenvalue weighted by Gasteiger charge is -2.23. The summed E-state index contributed by atoms with van der Waals surface area (Å²) in [7, 11) is 0. The van der Waals surface area contributed by atoms with Gasteiger partial charge in [0, 0.05) is 38.3 Å². The summed E-state index contributed by atoms with van der Waals surface area (Å²) >= 11 is 0. The van der Waals surface area contributed by atoms with Crippen molar-refractivity contribution in [2.24, 2.45) is 0 Å². The Hall–Kier alpha value is -6.38. The second kappa shape index (κ2) is 10.3. The van der Waals surface area contributed by atoms with Crippen LogP contribution in [0.25, 0.3) is 88.0 Å². The number of hydrogen-bond donors (Lipinski definition) is 0. The summed E-state index contributed by atoms with van der Waals surface area (Å²) in [6, 6.07) is 63.0. The lowest BCUT2D eigenvalue weighted by Crippen LogP contribution is -2.15. The number of aromatic nitrogens is 2. The summed E-state index contributed by atoms with van der Waals surface area (Å²) in [5, 5.41) is 7.64. The zero-order chi connectivity index (χ0) is 33.8. The van der Waals surface area contributed by atoms with Crippen molar-refractivity contribution in [3.05, 3.63) is 181 Å². The highest BCUT2D eigenvalue weighted by Crippen LogP contribution is 2.53. The summed E-state index contributed by atoms with van der Waals surface area (Å²) in [4.78, 5) is 0. The van der Waals surface area contributed by atoms with Gasteiger partial charge in [-0.05, 0) is 92.7 Å². The zero-order valence-corrected chi connectivity index (χ0v) is 28.6. The van der Waals surface area contributed by atoms with Crippen molar-refractivity contribution in [1.82, 2.24) is 9.13 Å². The molecule has 2 heteroatoms. The summed E-state index contributed by atoms with van der Waals surface area (Å²) in [5.41, 5.74) is 15.0. The molecule has 10 aromatic rings. The van der Waals surface area contributed by atoms with Gasteiger partial charge in [0.15, 0.2) is 0 Å². The molecule has 0 N–H and O–H groups in total. The van der Waals surface area contributed by atoms with E-state index in [9.17, 15) is 0 Å². The molecule has 0 atom stereocenters. The number of nitrogens with zero attached hydrogens (tertiary/aromatic N) is 2. The molecule has 2 nitrogen and oxygen atoms in total. The van der Waals surface area contributed by atoms with Gasteiger partial charge in [-0.1, -0.05) is 135 Å². The summed E-state index contributed by atoms with van der Waals surface area (Å²) < 4.78 is 4.92. The largest absolute Gasteiger partial charge is 0.309 e. The monoisotopic (exact) mass is 650 g/mol. The molecule has 0 saturated heterocycles. The van der Waals surface area contributed by atoms with E-state index < -0.39 is 0 Å². The van der Waals surface area contributed by atoms with Gasteiger partial charge in [0.05, 0.1) is 22.1 Å². The van der Waals surface area contributed by atoms with Crippen molar-refractivity contribution in [2.75, 3.05) is 0 Å². The van der Waals surface area contributed by atoms with Crippen LogP contribution in [0, 0.1) is 0 Å². The van der Waals surface area contributed by atoms with E-state index in [2.05, 4.69) is 193 Å². The first kappa shape index (κ1) is 28.5. The van der Waals surface area contributed by atoms with Gasteiger partial charge < -0.3 is 9.13 Å². The maximum Gasteiger partial charge on any atom is 0.0541 e. The quantitative estimate of drug-likeness (QED) is 0.180. The van der Waals surface area contributed by atoms with Gasteiger partial charge in [0.1, 0.15) is 0 Å². The molecule has 2 heterocycles. The zero-order valence-electron chi connectivity index (χ0n) is 28.6. The van der Waals surface area contributed by atoms with Crippen LogP contribution in [-0.4, -0.2) is 9.13 Å². The minimum absolute atomic E-state index is 0.120. The summed E-state index contributed by atoms with van der Waals surface area (Å²) in [6.45, 7) is 4.77. The molecule has 1 aliphatic carbocycles. The molecule has 0 fully saturated rings. The van der Waals surface area contributed by atoms with E-state index in [0.29, 0.717) is 0 Å². The van der Waals surface area contributed by atoms with E-state index in [-0.39, 0.29) is 5.41 Å². The van der Waals surface area contributed by atoms with Crippen LogP contribution in [0.2, 0.25) is 0 Å². The van der Waals surface area contributed by atoms with Crippen LogP contribution in [0.15, 0.2) is 170 Å². The van der Waals surface area contributed by atoms with Crippen LogP contribution in [0.1, 0.15) is 25.0 Å². The summed E-state index contributed by atoms with van der Waals surface area (Å²) in [5.74, 6) is 0. The smallest absolute Gasteiger partial charge is 0.0541 e. The summed E-state index contributed by atoms with van der Waals surface area (Å²) in [6.07, 6.45) is 0. The molecule has 0 unspecified atom stereocenters. The Bertz CT molecular complexity index is 2820. The molecule has 51 heavy (non-hydrogen) atoms. The SMILES string of the molecule is CC1(C)c2ccccc2-c2c1cc(-c1cc(-n3c4ccccc4c4ccccc43)cc(-n3c4ccccc4c4ccccc43)c1)c1ccccc21. The molecule has 2 aromatic heterocycles. The highest BCUT2D eigenvalue weighted by Gasteiger charge is 2.37. The molecule has 0 bridgehead atoms. The number of hydrogen-bond acceptors (Lipinski definition) is 0. The Morgan fingerprint density at radius 1 is 0.353 bits per heavy atom. The van der Waals surface area contributed by atoms with E-state index in [1.165, 1.54) is 87.8 Å². The van der Waals surface area contributed by atoms with Crippen molar-refractivity contribution < 1.29 is 0 Å². The molecule has 0 saturated carbocycles. The molecule has 1 aliphatic rings. The number of para-hydroxylation sites is 4. The first-order valence-corrected chi connectivity index (χ1v) is 17.9. The van der Waals surface area contributed by atoms with E-state index >= 15 is 0 Å². The maximum atomic E-state index is 2.50. The lowest BCUT2D eigenvalue weighted by atomic mass is 9.80. The molecule has 0 radical (unpaired) electrons. The Labute approximate surface area is 296 Å². The Kier molecular flexibility index (Phi) is 5.76. The lowest BCUT2D eigenvalue weighted by molar-refractivity contribution is 0.661. The van der Waals surface area contributed by atoms with Gasteiger partial charge in [-0.3, -0.25) is 0 Å². The fourth-order valence-electron chi connectivity index (χ4n) is 9.20. The molecular formula is C49H34N2. The van der Waals surface area contributed by atoms with Gasteiger partial charge in [0.25, 0.3) is 0 Å². The second-order valence-corrected chi connectivity index (χ2v) is 14.5. The molecular weight excluding hydrogens is 617 g/mol. The van der Waals surface area contributed by atoms with Crippen LogP contribution >= 0.6 is 0 Å². The highest BCUT2D eigenvalue weighted by molar-refractivity contribution is 6.12. The topological polar surface area (TPSA) is 9.86 Å². The van der Waals surface area contributed by atoms with Crippen molar-refractivity contribution in [2.45, 2.75) is 19.3 Å².